The SMILES string of the molecule is CC(C)(C)c1ccc(CNCC2(CN)COC2)cc1. The number of hydrogen-bond acceptors (Lipinski definition) is 3. The minimum atomic E-state index is 0.172. The van der Waals surface area contributed by atoms with Gasteiger partial charge in [-0.3, -0.25) is 0 Å². The summed E-state index contributed by atoms with van der Waals surface area (Å²) < 4.78 is 5.27. The fourth-order valence-corrected chi connectivity index (χ4v) is 2.28. The lowest BCUT2D eigenvalue weighted by molar-refractivity contribution is -0.105. The van der Waals surface area contributed by atoms with Gasteiger partial charge in [0.15, 0.2) is 0 Å². The molecule has 106 valence electrons. The molecule has 3 heteroatoms. The van der Waals surface area contributed by atoms with Crippen molar-refractivity contribution in [2.75, 3.05) is 26.3 Å². The lowest BCUT2D eigenvalue weighted by Gasteiger charge is -2.40. The molecule has 1 aliphatic heterocycles. The van der Waals surface area contributed by atoms with Gasteiger partial charge in [-0.1, -0.05) is 45.0 Å². The van der Waals surface area contributed by atoms with Crippen molar-refractivity contribution in [2.24, 2.45) is 11.1 Å². The molecule has 3 nitrogen and oxygen atoms in total. The van der Waals surface area contributed by atoms with Gasteiger partial charge in [-0.15, -0.1) is 0 Å². The van der Waals surface area contributed by atoms with Crippen LogP contribution < -0.4 is 11.1 Å². The molecule has 1 aromatic rings. The normalized spacial score (nSPS) is 18.1. The highest BCUT2D eigenvalue weighted by molar-refractivity contribution is 5.27. The first-order valence-corrected chi connectivity index (χ1v) is 7.03. The van der Waals surface area contributed by atoms with Gasteiger partial charge in [-0.25, -0.2) is 0 Å². The molecule has 1 fully saturated rings. The predicted molar refractivity (Wildman–Crippen MR) is 79.2 cm³/mol. The first kappa shape index (κ1) is 14.5. The van der Waals surface area contributed by atoms with E-state index in [1.165, 1.54) is 11.1 Å². The van der Waals surface area contributed by atoms with Gasteiger partial charge in [0, 0.05) is 25.0 Å². The fourth-order valence-electron chi connectivity index (χ4n) is 2.28. The number of hydrogen-bond donors (Lipinski definition) is 2. The monoisotopic (exact) mass is 262 g/mol. The van der Waals surface area contributed by atoms with Crippen molar-refractivity contribution in [3.05, 3.63) is 35.4 Å². The minimum absolute atomic E-state index is 0.172. The van der Waals surface area contributed by atoms with Crippen LogP contribution in [0.1, 0.15) is 31.9 Å². The Morgan fingerprint density at radius 2 is 1.84 bits per heavy atom. The van der Waals surface area contributed by atoms with Gasteiger partial charge in [0.25, 0.3) is 0 Å². The van der Waals surface area contributed by atoms with E-state index >= 15 is 0 Å². The molecule has 0 radical (unpaired) electrons. The molecule has 1 saturated heterocycles. The van der Waals surface area contributed by atoms with Crippen molar-refractivity contribution in [2.45, 2.75) is 32.7 Å². The molecule has 0 unspecified atom stereocenters. The molecular formula is C16H26N2O. The molecule has 0 atom stereocenters. The van der Waals surface area contributed by atoms with Crippen molar-refractivity contribution in [1.82, 2.24) is 5.32 Å². The number of nitrogens with two attached hydrogens (primary N) is 1. The van der Waals surface area contributed by atoms with Crippen molar-refractivity contribution in [1.29, 1.82) is 0 Å². The Bertz CT molecular complexity index is 396. The smallest absolute Gasteiger partial charge is 0.0569 e. The average molecular weight is 262 g/mol. The van der Waals surface area contributed by atoms with Crippen LogP contribution in [-0.2, 0) is 16.7 Å². The van der Waals surface area contributed by atoms with E-state index in [4.69, 9.17) is 10.5 Å². The van der Waals surface area contributed by atoms with E-state index in [1.54, 1.807) is 0 Å². The van der Waals surface area contributed by atoms with E-state index in [1.807, 2.05) is 0 Å². The lowest BCUT2D eigenvalue weighted by atomic mass is 9.86. The van der Waals surface area contributed by atoms with E-state index in [0.29, 0.717) is 6.54 Å². The highest BCUT2D eigenvalue weighted by Crippen LogP contribution is 2.25. The second-order valence-electron chi connectivity index (χ2n) is 6.75. The summed E-state index contributed by atoms with van der Waals surface area (Å²) in [6.45, 7) is 10.8. The number of ether oxygens (including phenoxy) is 1. The first-order valence-electron chi connectivity index (χ1n) is 7.03. The van der Waals surface area contributed by atoms with Gasteiger partial charge in [-0.05, 0) is 16.5 Å². The first-order chi connectivity index (χ1) is 8.95. The summed E-state index contributed by atoms with van der Waals surface area (Å²) in [5.41, 5.74) is 8.89. The number of rotatable bonds is 5. The van der Waals surface area contributed by atoms with Crippen LogP contribution in [0.5, 0.6) is 0 Å². The quantitative estimate of drug-likeness (QED) is 0.854. The highest BCUT2D eigenvalue weighted by Gasteiger charge is 2.36. The Morgan fingerprint density at radius 3 is 2.26 bits per heavy atom. The van der Waals surface area contributed by atoms with Crippen LogP contribution in [-0.4, -0.2) is 26.3 Å². The summed E-state index contributed by atoms with van der Waals surface area (Å²) in [4.78, 5) is 0. The van der Waals surface area contributed by atoms with Crippen LogP contribution in [0, 0.1) is 5.41 Å². The Balaban J connectivity index is 1.83. The van der Waals surface area contributed by atoms with Crippen molar-refractivity contribution < 1.29 is 4.74 Å². The van der Waals surface area contributed by atoms with E-state index in [0.717, 1.165) is 26.3 Å². The maximum absolute atomic E-state index is 5.80. The third kappa shape index (κ3) is 3.56. The third-order valence-electron chi connectivity index (χ3n) is 3.90. The maximum Gasteiger partial charge on any atom is 0.0569 e. The molecule has 1 heterocycles. The fraction of sp³-hybridized carbons (Fsp3) is 0.625. The van der Waals surface area contributed by atoms with Crippen LogP contribution in [0.2, 0.25) is 0 Å². The Hall–Kier alpha value is -0.900. The number of nitrogens with one attached hydrogen (secondary N) is 1. The van der Waals surface area contributed by atoms with Gasteiger partial charge in [-0.2, -0.15) is 0 Å². The van der Waals surface area contributed by atoms with Crippen LogP contribution >= 0.6 is 0 Å². The van der Waals surface area contributed by atoms with Gasteiger partial charge in [0.05, 0.1) is 13.2 Å². The molecule has 1 aliphatic rings. The zero-order chi connectivity index (χ0) is 13.9. The van der Waals surface area contributed by atoms with Crippen molar-refractivity contribution in [3.8, 4) is 0 Å². The van der Waals surface area contributed by atoms with E-state index in [-0.39, 0.29) is 10.8 Å². The standard InChI is InChI=1S/C16H26N2O/c1-15(2,3)14-6-4-13(5-7-14)8-18-10-16(9-17)11-19-12-16/h4-7,18H,8-12,17H2,1-3H3. The number of benzene rings is 1. The van der Waals surface area contributed by atoms with Crippen molar-refractivity contribution >= 4 is 0 Å². The van der Waals surface area contributed by atoms with E-state index < -0.39 is 0 Å². The summed E-state index contributed by atoms with van der Waals surface area (Å²) in [6.07, 6.45) is 0. The molecule has 3 N–H and O–H groups in total. The van der Waals surface area contributed by atoms with Crippen LogP contribution in [0.25, 0.3) is 0 Å². The highest BCUT2D eigenvalue weighted by atomic mass is 16.5. The molecule has 1 aromatic carbocycles. The molecular weight excluding hydrogens is 236 g/mol. The summed E-state index contributed by atoms with van der Waals surface area (Å²) >= 11 is 0. The molecule has 0 spiro atoms. The van der Waals surface area contributed by atoms with Gasteiger partial charge < -0.3 is 15.8 Å². The Morgan fingerprint density at radius 1 is 1.21 bits per heavy atom. The molecule has 0 saturated carbocycles. The molecule has 0 bridgehead atoms. The molecule has 0 aliphatic carbocycles. The van der Waals surface area contributed by atoms with Gasteiger partial charge in [0.2, 0.25) is 0 Å². The second kappa shape index (κ2) is 5.61. The molecule has 0 amide bonds. The molecule has 2 rings (SSSR count). The zero-order valence-corrected chi connectivity index (χ0v) is 12.3. The van der Waals surface area contributed by atoms with Crippen LogP contribution in [0.4, 0.5) is 0 Å². The second-order valence-corrected chi connectivity index (χ2v) is 6.75. The average Bonchev–Trinajstić information content (AvgIpc) is 2.32. The lowest BCUT2D eigenvalue weighted by Crippen LogP contribution is -2.54. The molecule has 19 heavy (non-hydrogen) atoms. The third-order valence-corrected chi connectivity index (χ3v) is 3.90. The largest absolute Gasteiger partial charge is 0.380 e. The predicted octanol–water partition coefficient (Wildman–Crippen LogP) is 2.05. The van der Waals surface area contributed by atoms with Crippen molar-refractivity contribution in [3.63, 3.8) is 0 Å². The summed E-state index contributed by atoms with van der Waals surface area (Å²) in [6, 6.07) is 8.87. The maximum atomic E-state index is 5.80. The Labute approximate surface area is 116 Å². The van der Waals surface area contributed by atoms with E-state index in [9.17, 15) is 0 Å². The van der Waals surface area contributed by atoms with Crippen LogP contribution in [0.3, 0.4) is 0 Å². The van der Waals surface area contributed by atoms with E-state index in [2.05, 4.69) is 50.4 Å². The Kier molecular flexibility index (Phi) is 4.29. The summed E-state index contributed by atoms with van der Waals surface area (Å²) in [7, 11) is 0. The minimum Gasteiger partial charge on any atom is -0.380 e. The van der Waals surface area contributed by atoms with Crippen LogP contribution in [0.15, 0.2) is 24.3 Å². The topological polar surface area (TPSA) is 47.3 Å². The van der Waals surface area contributed by atoms with Gasteiger partial charge >= 0.3 is 0 Å². The zero-order valence-electron chi connectivity index (χ0n) is 12.3. The molecule has 0 aromatic heterocycles. The summed E-state index contributed by atoms with van der Waals surface area (Å²) in [5.74, 6) is 0. The summed E-state index contributed by atoms with van der Waals surface area (Å²) in [5, 5.41) is 3.49. The van der Waals surface area contributed by atoms with Gasteiger partial charge in [0.1, 0.15) is 0 Å².